The first kappa shape index (κ1) is 11.2. The maximum atomic E-state index is 9.52. The lowest BCUT2D eigenvalue weighted by Crippen LogP contribution is -2.52. The summed E-state index contributed by atoms with van der Waals surface area (Å²) in [5, 5.41) is 12.8. The number of nitrogens with one attached hydrogen (secondary N) is 1. The van der Waals surface area contributed by atoms with Crippen molar-refractivity contribution in [3.8, 4) is 0 Å². The van der Waals surface area contributed by atoms with Crippen molar-refractivity contribution in [1.82, 2.24) is 5.32 Å². The van der Waals surface area contributed by atoms with E-state index < -0.39 is 0 Å². The quantitative estimate of drug-likeness (QED) is 0.615. The molecule has 0 radical (unpaired) electrons. The van der Waals surface area contributed by atoms with Crippen molar-refractivity contribution in [3.05, 3.63) is 0 Å². The molecule has 13 heavy (non-hydrogen) atoms. The molecule has 0 bridgehead atoms. The minimum Gasteiger partial charge on any atom is -0.393 e. The van der Waals surface area contributed by atoms with E-state index in [4.69, 9.17) is 4.74 Å². The molecule has 0 saturated carbocycles. The Morgan fingerprint density at radius 3 is 2.92 bits per heavy atom. The Morgan fingerprint density at radius 2 is 2.31 bits per heavy atom. The van der Waals surface area contributed by atoms with E-state index in [0.717, 1.165) is 39.0 Å². The third-order valence-corrected chi connectivity index (χ3v) is 2.90. The Bertz CT molecular complexity index is 154. The Balaban J connectivity index is 0.000000845. The zero-order valence-corrected chi connectivity index (χ0v) is 8.61. The van der Waals surface area contributed by atoms with Gasteiger partial charge in [0.05, 0.1) is 11.7 Å². The highest BCUT2D eigenvalue weighted by Crippen LogP contribution is 2.30. The monoisotopic (exact) mass is 207 g/mol. The third kappa shape index (κ3) is 2.56. The molecular weight excluding hydrogens is 190 g/mol. The second kappa shape index (κ2) is 4.60. The predicted molar refractivity (Wildman–Crippen MR) is 53.3 cm³/mol. The first-order valence-corrected chi connectivity index (χ1v) is 4.84. The molecule has 0 aromatic rings. The van der Waals surface area contributed by atoms with Gasteiger partial charge in [-0.05, 0) is 25.8 Å². The zero-order valence-electron chi connectivity index (χ0n) is 7.79. The molecule has 0 amide bonds. The van der Waals surface area contributed by atoms with Crippen LogP contribution in [0, 0.1) is 0 Å². The molecule has 2 fully saturated rings. The Labute approximate surface area is 85.3 Å². The van der Waals surface area contributed by atoms with Crippen LogP contribution in [0.5, 0.6) is 0 Å². The topological polar surface area (TPSA) is 41.5 Å². The minimum atomic E-state index is -0.140. The van der Waals surface area contributed by atoms with Gasteiger partial charge in [-0.1, -0.05) is 0 Å². The second-order valence-corrected chi connectivity index (χ2v) is 3.96. The summed E-state index contributed by atoms with van der Waals surface area (Å²) < 4.78 is 5.75. The lowest BCUT2D eigenvalue weighted by atomic mass is 9.85. The minimum absolute atomic E-state index is 0. The Kier molecular flexibility index (Phi) is 3.98. The van der Waals surface area contributed by atoms with Crippen LogP contribution >= 0.6 is 12.4 Å². The first-order valence-electron chi connectivity index (χ1n) is 4.84. The van der Waals surface area contributed by atoms with E-state index >= 15 is 0 Å². The van der Waals surface area contributed by atoms with Gasteiger partial charge >= 0.3 is 0 Å². The molecule has 2 heterocycles. The summed E-state index contributed by atoms with van der Waals surface area (Å²) in [6, 6.07) is 0. The van der Waals surface area contributed by atoms with E-state index in [1.54, 1.807) is 0 Å². The van der Waals surface area contributed by atoms with Crippen LogP contribution in [0.4, 0.5) is 0 Å². The summed E-state index contributed by atoms with van der Waals surface area (Å²) in [6.07, 6.45) is 3.77. The smallest absolute Gasteiger partial charge is 0.0831 e. The summed E-state index contributed by atoms with van der Waals surface area (Å²) in [5.74, 6) is 0. The number of rotatable bonds is 0. The number of hydrogen-bond donors (Lipinski definition) is 2. The maximum Gasteiger partial charge on any atom is 0.0831 e. The van der Waals surface area contributed by atoms with Crippen molar-refractivity contribution in [2.45, 2.75) is 37.4 Å². The summed E-state index contributed by atoms with van der Waals surface area (Å²) in [7, 11) is 0. The van der Waals surface area contributed by atoms with Gasteiger partial charge in [-0.3, -0.25) is 0 Å². The van der Waals surface area contributed by atoms with Gasteiger partial charge < -0.3 is 15.2 Å². The molecule has 1 spiro atoms. The molecule has 2 unspecified atom stereocenters. The number of hydrogen-bond acceptors (Lipinski definition) is 3. The van der Waals surface area contributed by atoms with E-state index in [1.807, 2.05) is 0 Å². The van der Waals surface area contributed by atoms with Crippen LogP contribution in [0.3, 0.4) is 0 Å². The Morgan fingerprint density at radius 1 is 1.46 bits per heavy atom. The van der Waals surface area contributed by atoms with Crippen molar-refractivity contribution in [2.75, 3.05) is 19.7 Å². The lowest BCUT2D eigenvalue weighted by molar-refractivity contribution is -0.127. The lowest BCUT2D eigenvalue weighted by Gasteiger charge is -2.42. The van der Waals surface area contributed by atoms with E-state index in [2.05, 4.69) is 5.32 Å². The third-order valence-electron chi connectivity index (χ3n) is 2.90. The normalized spacial score (nSPS) is 39.9. The molecule has 2 N–H and O–H groups in total. The van der Waals surface area contributed by atoms with Crippen LogP contribution in [0.25, 0.3) is 0 Å². The van der Waals surface area contributed by atoms with Gasteiger partial charge in [-0.2, -0.15) is 0 Å². The average molecular weight is 208 g/mol. The van der Waals surface area contributed by atoms with Crippen molar-refractivity contribution in [1.29, 1.82) is 0 Å². The van der Waals surface area contributed by atoms with Crippen molar-refractivity contribution in [3.63, 3.8) is 0 Å². The molecule has 2 rings (SSSR count). The highest BCUT2D eigenvalue weighted by molar-refractivity contribution is 5.85. The summed E-state index contributed by atoms with van der Waals surface area (Å²) in [6.45, 7) is 2.74. The van der Waals surface area contributed by atoms with E-state index in [-0.39, 0.29) is 24.1 Å². The molecule has 4 heteroatoms. The van der Waals surface area contributed by atoms with Gasteiger partial charge in [-0.25, -0.2) is 0 Å². The molecule has 0 aliphatic carbocycles. The molecular formula is C9H18ClNO2. The first-order chi connectivity index (χ1) is 5.81. The average Bonchev–Trinajstić information content (AvgIpc) is 2.05. The fraction of sp³-hybridized carbons (Fsp3) is 1.00. The largest absolute Gasteiger partial charge is 0.393 e. The van der Waals surface area contributed by atoms with Crippen LogP contribution in [0.2, 0.25) is 0 Å². The van der Waals surface area contributed by atoms with Crippen LogP contribution < -0.4 is 5.32 Å². The standard InChI is InChI=1S/C9H17NO2.ClH/c11-8-2-5-12-9(6-8)3-1-4-10-7-9;/h8,10-11H,1-7H2;1H. The summed E-state index contributed by atoms with van der Waals surface area (Å²) >= 11 is 0. The van der Waals surface area contributed by atoms with Gasteiger partial charge in [0, 0.05) is 19.6 Å². The predicted octanol–water partition coefficient (Wildman–Crippen LogP) is 0.702. The number of ether oxygens (including phenoxy) is 1. The number of halogens is 1. The molecule has 2 aliphatic rings. The molecule has 3 nitrogen and oxygen atoms in total. The van der Waals surface area contributed by atoms with Crippen molar-refractivity contribution >= 4 is 12.4 Å². The highest BCUT2D eigenvalue weighted by Gasteiger charge is 2.37. The maximum absolute atomic E-state index is 9.52. The molecule has 0 aromatic heterocycles. The molecule has 2 aliphatic heterocycles. The van der Waals surface area contributed by atoms with Gasteiger partial charge in [0.1, 0.15) is 0 Å². The van der Waals surface area contributed by atoms with Crippen molar-refractivity contribution in [2.24, 2.45) is 0 Å². The number of piperidine rings is 1. The molecule has 0 aromatic carbocycles. The Hall–Kier alpha value is 0.170. The van der Waals surface area contributed by atoms with Gasteiger partial charge in [0.25, 0.3) is 0 Å². The summed E-state index contributed by atoms with van der Waals surface area (Å²) in [5.41, 5.74) is -0.0318. The van der Waals surface area contributed by atoms with Crippen LogP contribution in [-0.2, 0) is 4.74 Å². The fourth-order valence-corrected chi connectivity index (χ4v) is 2.24. The summed E-state index contributed by atoms with van der Waals surface area (Å²) in [4.78, 5) is 0. The van der Waals surface area contributed by atoms with Gasteiger partial charge in [0.2, 0.25) is 0 Å². The highest BCUT2D eigenvalue weighted by atomic mass is 35.5. The number of aliphatic hydroxyl groups excluding tert-OH is 1. The van der Waals surface area contributed by atoms with Gasteiger partial charge in [0.15, 0.2) is 0 Å². The van der Waals surface area contributed by atoms with E-state index in [0.29, 0.717) is 0 Å². The van der Waals surface area contributed by atoms with Crippen LogP contribution in [0.1, 0.15) is 25.7 Å². The zero-order chi connectivity index (χ0) is 8.44. The molecule has 2 atom stereocenters. The van der Waals surface area contributed by atoms with Crippen LogP contribution in [-0.4, -0.2) is 36.5 Å². The molecule has 2 saturated heterocycles. The van der Waals surface area contributed by atoms with Crippen LogP contribution in [0.15, 0.2) is 0 Å². The van der Waals surface area contributed by atoms with Gasteiger partial charge in [-0.15, -0.1) is 12.4 Å². The van der Waals surface area contributed by atoms with E-state index in [1.165, 1.54) is 6.42 Å². The second-order valence-electron chi connectivity index (χ2n) is 3.96. The number of aliphatic hydroxyl groups is 1. The molecule has 78 valence electrons. The fourth-order valence-electron chi connectivity index (χ4n) is 2.24. The SMILES string of the molecule is Cl.OC1CCOC2(CCCNC2)C1. The van der Waals surface area contributed by atoms with E-state index in [9.17, 15) is 5.11 Å². The van der Waals surface area contributed by atoms with Crippen molar-refractivity contribution < 1.29 is 9.84 Å².